The van der Waals surface area contributed by atoms with E-state index in [4.69, 9.17) is 4.74 Å². The van der Waals surface area contributed by atoms with Gasteiger partial charge in [0, 0.05) is 11.6 Å². The fourth-order valence-electron chi connectivity index (χ4n) is 4.54. The topological polar surface area (TPSA) is 93.5 Å². The second kappa shape index (κ2) is 10.1. The molecule has 1 aromatic heterocycles. The van der Waals surface area contributed by atoms with Crippen LogP contribution in [-0.4, -0.2) is 33.1 Å². The van der Waals surface area contributed by atoms with Crippen LogP contribution in [0.25, 0.3) is 11.0 Å². The van der Waals surface area contributed by atoms with Crippen LogP contribution in [-0.2, 0) is 22.3 Å². The SMILES string of the molecule is CCOC(=O)C1CCC(n2c(NC(=O)c3cccc(C(F)(F)F)c3)nc3ccc(CO)cc32)CC1. The Labute approximate surface area is 199 Å². The quantitative estimate of drug-likeness (QED) is 0.471. The zero-order valence-electron chi connectivity index (χ0n) is 19.1. The highest BCUT2D eigenvalue weighted by molar-refractivity contribution is 6.04. The number of ether oxygens (including phenoxy) is 1. The van der Waals surface area contributed by atoms with Crippen LogP contribution >= 0.6 is 0 Å². The Bertz CT molecular complexity index is 1230. The zero-order chi connectivity index (χ0) is 25.2. The molecule has 0 unspecified atom stereocenters. The number of nitrogens with one attached hydrogen (secondary N) is 1. The summed E-state index contributed by atoms with van der Waals surface area (Å²) in [6.07, 6.45) is -2.11. The number of anilines is 1. The number of hydrogen-bond donors (Lipinski definition) is 2. The molecule has 1 amide bonds. The van der Waals surface area contributed by atoms with Gasteiger partial charge in [-0.2, -0.15) is 13.2 Å². The number of benzene rings is 2. The Kier molecular flexibility index (Phi) is 7.11. The minimum Gasteiger partial charge on any atom is -0.466 e. The van der Waals surface area contributed by atoms with Crippen molar-refractivity contribution in [1.29, 1.82) is 0 Å². The summed E-state index contributed by atoms with van der Waals surface area (Å²) < 4.78 is 46.3. The van der Waals surface area contributed by atoms with E-state index in [0.29, 0.717) is 48.9 Å². The van der Waals surface area contributed by atoms with Crippen molar-refractivity contribution in [3.05, 3.63) is 59.2 Å². The molecular formula is C25H26F3N3O4. The molecule has 3 aromatic rings. The Morgan fingerprint density at radius 1 is 1.14 bits per heavy atom. The number of hydrogen-bond acceptors (Lipinski definition) is 5. The Morgan fingerprint density at radius 2 is 1.89 bits per heavy atom. The van der Waals surface area contributed by atoms with Crippen molar-refractivity contribution in [2.75, 3.05) is 11.9 Å². The highest BCUT2D eigenvalue weighted by Gasteiger charge is 2.32. The zero-order valence-corrected chi connectivity index (χ0v) is 19.1. The Hall–Kier alpha value is -3.40. The van der Waals surface area contributed by atoms with Crippen molar-refractivity contribution < 1.29 is 32.6 Å². The van der Waals surface area contributed by atoms with Gasteiger partial charge < -0.3 is 14.4 Å². The van der Waals surface area contributed by atoms with Gasteiger partial charge in [0.2, 0.25) is 5.95 Å². The third-order valence-electron chi connectivity index (χ3n) is 6.30. The van der Waals surface area contributed by atoms with Gasteiger partial charge in [-0.05, 0) is 68.5 Å². The van der Waals surface area contributed by atoms with Gasteiger partial charge in [0.25, 0.3) is 5.91 Å². The molecule has 0 radical (unpaired) electrons. The number of alkyl halides is 3. The fourth-order valence-corrected chi connectivity index (χ4v) is 4.54. The van der Waals surface area contributed by atoms with E-state index in [2.05, 4.69) is 10.3 Å². The maximum Gasteiger partial charge on any atom is 0.416 e. The number of amides is 1. The molecule has 4 rings (SSSR count). The number of aliphatic hydroxyl groups excluding tert-OH is 1. The van der Waals surface area contributed by atoms with E-state index < -0.39 is 17.6 Å². The monoisotopic (exact) mass is 489 g/mol. The van der Waals surface area contributed by atoms with Crippen LogP contribution in [0.1, 0.15) is 60.1 Å². The molecule has 1 aliphatic rings. The first-order valence-electron chi connectivity index (χ1n) is 11.5. The predicted molar refractivity (Wildman–Crippen MR) is 123 cm³/mol. The first-order valence-corrected chi connectivity index (χ1v) is 11.5. The van der Waals surface area contributed by atoms with Crippen LogP contribution in [0.2, 0.25) is 0 Å². The molecule has 1 aliphatic carbocycles. The standard InChI is InChI=1S/C25H26F3N3O4/c1-2-35-23(34)16-7-9-19(10-8-16)31-21-12-15(14-32)6-11-20(21)29-24(31)30-22(33)17-4-3-5-18(13-17)25(26,27)28/h3-6,11-13,16,19,32H,2,7-10,14H2,1H3,(H,29,30,33). The lowest BCUT2D eigenvalue weighted by atomic mass is 9.86. The lowest BCUT2D eigenvalue weighted by Crippen LogP contribution is -2.26. The molecule has 2 N–H and O–H groups in total. The maximum atomic E-state index is 13.1. The third-order valence-corrected chi connectivity index (χ3v) is 6.30. The predicted octanol–water partition coefficient (Wildman–Crippen LogP) is 5.09. The molecular weight excluding hydrogens is 463 g/mol. The van der Waals surface area contributed by atoms with Crippen molar-refractivity contribution in [2.45, 2.75) is 51.4 Å². The summed E-state index contributed by atoms with van der Waals surface area (Å²) in [6, 6.07) is 9.33. The van der Waals surface area contributed by atoms with Gasteiger partial charge in [0.1, 0.15) is 0 Å². The number of rotatable bonds is 6. The highest BCUT2D eigenvalue weighted by atomic mass is 19.4. The number of nitrogens with zero attached hydrogens (tertiary/aromatic N) is 2. The molecule has 7 nitrogen and oxygen atoms in total. The molecule has 1 fully saturated rings. The minimum absolute atomic E-state index is 0.101. The minimum atomic E-state index is -4.57. The van der Waals surface area contributed by atoms with Gasteiger partial charge in [-0.3, -0.25) is 14.9 Å². The molecule has 2 aromatic carbocycles. The van der Waals surface area contributed by atoms with E-state index in [1.807, 2.05) is 4.57 Å². The summed E-state index contributed by atoms with van der Waals surface area (Å²) in [5.74, 6) is -0.924. The molecule has 35 heavy (non-hydrogen) atoms. The molecule has 0 bridgehead atoms. The van der Waals surface area contributed by atoms with E-state index >= 15 is 0 Å². The molecule has 10 heteroatoms. The molecule has 186 valence electrons. The van der Waals surface area contributed by atoms with Crippen LogP contribution in [0.5, 0.6) is 0 Å². The van der Waals surface area contributed by atoms with E-state index in [9.17, 15) is 27.9 Å². The maximum absolute atomic E-state index is 13.1. The number of carbonyl (C=O) groups is 2. The molecule has 1 saturated carbocycles. The van der Waals surface area contributed by atoms with E-state index in [1.165, 1.54) is 12.1 Å². The van der Waals surface area contributed by atoms with Crippen LogP contribution in [0, 0.1) is 5.92 Å². The number of aliphatic hydroxyl groups is 1. The van der Waals surface area contributed by atoms with Gasteiger partial charge >= 0.3 is 12.1 Å². The van der Waals surface area contributed by atoms with Crippen molar-refractivity contribution in [3.8, 4) is 0 Å². The first-order chi connectivity index (χ1) is 16.7. The van der Waals surface area contributed by atoms with Gasteiger partial charge in [0.05, 0.1) is 35.7 Å². The van der Waals surface area contributed by atoms with Gasteiger partial charge in [-0.15, -0.1) is 0 Å². The molecule has 0 saturated heterocycles. The van der Waals surface area contributed by atoms with Crippen LogP contribution in [0.15, 0.2) is 42.5 Å². The number of esters is 1. The summed E-state index contributed by atoms with van der Waals surface area (Å²) >= 11 is 0. The summed E-state index contributed by atoms with van der Waals surface area (Å²) in [6.45, 7) is 1.91. The molecule has 0 spiro atoms. The van der Waals surface area contributed by atoms with Gasteiger partial charge in [-0.1, -0.05) is 12.1 Å². The van der Waals surface area contributed by atoms with Crippen molar-refractivity contribution in [2.24, 2.45) is 5.92 Å². The van der Waals surface area contributed by atoms with Crippen molar-refractivity contribution >= 4 is 28.9 Å². The summed E-state index contributed by atoms with van der Waals surface area (Å²) in [4.78, 5) is 29.6. The Balaban J connectivity index is 1.65. The second-order valence-electron chi connectivity index (χ2n) is 8.58. The van der Waals surface area contributed by atoms with Crippen LogP contribution in [0.4, 0.5) is 19.1 Å². The van der Waals surface area contributed by atoms with Crippen molar-refractivity contribution in [1.82, 2.24) is 9.55 Å². The molecule has 0 atom stereocenters. The fraction of sp³-hybridized carbons (Fsp3) is 0.400. The lowest BCUT2D eigenvalue weighted by Gasteiger charge is -2.29. The molecule has 0 aliphatic heterocycles. The van der Waals surface area contributed by atoms with Gasteiger partial charge in [0.15, 0.2) is 0 Å². The van der Waals surface area contributed by atoms with E-state index in [0.717, 1.165) is 12.1 Å². The second-order valence-corrected chi connectivity index (χ2v) is 8.58. The van der Waals surface area contributed by atoms with Crippen molar-refractivity contribution in [3.63, 3.8) is 0 Å². The number of carbonyl (C=O) groups excluding carboxylic acids is 2. The summed E-state index contributed by atoms with van der Waals surface area (Å²) in [5.41, 5.74) is 0.878. The smallest absolute Gasteiger partial charge is 0.416 e. The third kappa shape index (κ3) is 5.32. The average molecular weight is 489 g/mol. The number of fused-ring (bicyclic) bond motifs is 1. The van der Waals surface area contributed by atoms with Crippen LogP contribution in [0.3, 0.4) is 0 Å². The molecule has 1 heterocycles. The van der Waals surface area contributed by atoms with E-state index in [1.54, 1.807) is 25.1 Å². The summed E-state index contributed by atoms with van der Waals surface area (Å²) in [7, 11) is 0. The Morgan fingerprint density at radius 3 is 2.54 bits per heavy atom. The largest absolute Gasteiger partial charge is 0.466 e. The normalized spacial score (nSPS) is 18.4. The number of aromatic nitrogens is 2. The number of imidazole rings is 1. The average Bonchev–Trinajstić information content (AvgIpc) is 3.20. The first kappa shape index (κ1) is 24.7. The lowest BCUT2D eigenvalue weighted by molar-refractivity contribution is -0.149. The van der Waals surface area contributed by atoms with E-state index in [-0.39, 0.29) is 36.0 Å². The van der Waals surface area contributed by atoms with Crippen LogP contribution < -0.4 is 5.32 Å². The van der Waals surface area contributed by atoms with Gasteiger partial charge in [-0.25, -0.2) is 4.98 Å². The highest BCUT2D eigenvalue weighted by Crippen LogP contribution is 2.37. The number of halogens is 3. The summed E-state index contributed by atoms with van der Waals surface area (Å²) in [5, 5.41) is 12.3.